The monoisotopic (exact) mass is 431 g/mol. The van der Waals surface area contributed by atoms with Crippen molar-refractivity contribution in [2.45, 2.75) is 64.2 Å². The molecule has 0 radical (unpaired) electrons. The third kappa shape index (κ3) is 3.91. The van der Waals surface area contributed by atoms with E-state index in [1.54, 1.807) is 13.8 Å². The molecule has 0 aliphatic heterocycles. The first-order valence-corrected chi connectivity index (χ1v) is 10.7. The van der Waals surface area contributed by atoms with Crippen LogP contribution in [-0.2, 0) is 16.1 Å². The van der Waals surface area contributed by atoms with E-state index in [1.165, 1.54) is 18.2 Å². The number of ether oxygens (including phenoxy) is 1. The van der Waals surface area contributed by atoms with Crippen molar-refractivity contribution in [1.29, 1.82) is 5.26 Å². The van der Waals surface area contributed by atoms with Gasteiger partial charge in [0.1, 0.15) is 23.1 Å². The molecule has 4 bridgehead atoms. The molecule has 1 aromatic rings. The third-order valence-electron chi connectivity index (χ3n) is 7.34. The zero-order valence-corrected chi connectivity index (χ0v) is 17.7. The van der Waals surface area contributed by atoms with Gasteiger partial charge in [-0.1, -0.05) is 6.07 Å². The lowest BCUT2D eigenvalue weighted by molar-refractivity contribution is -0.166. The summed E-state index contributed by atoms with van der Waals surface area (Å²) in [5, 5.41) is 21.7. The molecule has 1 aromatic carbocycles. The van der Waals surface area contributed by atoms with Crippen molar-refractivity contribution >= 4 is 11.8 Å². The topological polar surface area (TPSA) is 94.7 Å². The highest BCUT2D eigenvalue weighted by Gasteiger charge is 2.59. The maximum absolute atomic E-state index is 14.0. The lowest BCUT2D eigenvalue weighted by atomic mass is 9.48. The van der Waals surface area contributed by atoms with Crippen LogP contribution in [0.5, 0.6) is 0 Å². The summed E-state index contributed by atoms with van der Waals surface area (Å²) in [7, 11) is 0. The number of nitriles is 1. The fourth-order valence-corrected chi connectivity index (χ4v) is 6.00. The predicted molar refractivity (Wildman–Crippen MR) is 109 cm³/mol. The Hall–Kier alpha value is -2.53. The average molecular weight is 431 g/mol. The minimum atomic E-state index is -1.09. The van der Waals surface area contributed by atoms with Crippen LogP contribution in [0, 0.1) is 46.3 Å². The summed E-state index contributed by atoms with van der Waals surface area (Å²) in [5.41, 5.74) is -1.91. The summed E-state index contributed by atoms with van der Waals surface area (Å²) in [6.45, 7) is 3.09. The van der Waals surface area contributed by atoms with E-state index in [1.807, 2.05) is 6.19 Å². The van der Waals surface area contributed by atoms with E-state index in [0.29, 0.717) is 24.6 Å². The van der Waals surface area contributed by atoms with E-state index < -0.39 is 28.6 Å². The van der Waals surface area contributed by atoms with Gasteiger partial charge in [0.05, 0.1) is 18.1 Å². The molecule has 166 valence electrons. The summed E-state index contributed by atoms with van der Waals surface area (Å²) < 4.78 is 33.8. The van der Waals surface area contributed by atoms with Crippen molar-refractivity contribution in [2.24, 2.45) is 28.2 Å². The quantitative estimate of drug-likeness (QED) is 0.307. The van der Waals surface area contributed by atoms with Gasteiger partial charge in [0.15, 0.2) is 6.19 Å². The zero-order chi connectivity index (χ0) is 22.4. The van der Waals surface area contributed by atoms with Gasteiger partial charge in [-0.25, -0.2) is 8.78 Å². The summed E-state index contributed by atoms with van der Waals surface area (Å²) >= 11 is 0. The number of carboxylic acid groups (broad SMARTS) is 1. The Morgan fingerprint density at radius 3 is 2.45 bits per heavy atom. The Kier molecular flexibility index (Phi) is 5.50. The second-order valence-corrected chi connectivity index (χ2v) is 9.76. The van der Waals surface area contributed by atoms with Crippen molar-refractivity contribution in [1.82, 2.24) is 5.32 Å². The predicted octanol–water partition coefficient (Wildman–Crippen LogP) is 4.01. The van der Waals surface area contributed by atoms with Crippen LogP contribution >= 0.6 is 0 Å². The number of benzene rings is 1. The van der Waals surface area contributed by atoms with Gasteiger partial charge in [0.2, 0.25) is 0 Å². The Labute approximate surface area is 180 Å². The number of hydrogen-bond acceptors (Lipinski definition) is 4. The number of nitrogens with zero attached hydrogens (tertiary/aromatic N) is 2. The molecule has 6 nitrogen and oxygen atoms in total. The van der Waals surface area contributed by atoms with Crippen molar-refractivity contribution in [3.63, 3.8) is 0 Å². The molecule has 2 N–H and O–H groups in total. The van der Waals surface area contributed by atoms with Crippen LogP contribution in [0.3, 0.4) is 0 Å². The van der Waals surface area contributed by atoms with Crippen molar-refractivity contribution in [3.8, 4) is 6.19 Å². The molecule has 5 rings (SSSR count). The molecule has 2 unspecified atom stereocenters. The number of amidine groups is 1. The van der Waals surface area contributed by atoms with Crippen LogP contribution in [0.4, 0.5) is 8.78 Å². The van der Waals surface area contributed by atoms with E-state index in [9.17, 15) is 23.9 Å². The van der Waals surface area contributed by atoms with Crippen LogP contribution < -0.4 is 5.32 Å². The molecule has 4 fully saturated rings. The number of aliphatic carboxylic acids is 1. The van der Waals surface area contributed by atoms with Crippen LogP contribution in [0.1, 0.15) is 51.5 Å². The largest absolute Gasteiger partial charge is 0.481 e. The van der Waals surface area contributed by atoms with E-state index in [0.717, 1.165) is 19.3 Å². The Morgan fingerprint density at radius 2 is 1.90 bits per heavy atom. The lowest BCUT2D eigenvalue weighted by Crippen LogP contribution is -2.56. The molecule has 4 aliphatic carbocycles. The highest BCUT2D eigenvalue weighted by molar-refractivity contribution is 5.91. The Bertz CT molecular complexity index is 920. The second kappa shape index (κ2) is 7.86. The van der Waals surface area contributed by atoms with E-state index in [-0.39, 0.29) is 30.0 Å². The number of hydrogen-bond donors (Lipinski definition) is 2. The highest BCUT2D eigenvalue weighted by atomic mass is 19.1. The minimum absolute atomic E-state index is 0.0899. The zero-order valence-electron chi connectivity index (χ0n) is 17.7. The molecule has 0 aromatic heterocycles. The summed E-state index contributed by atoms with van der Waals surface area (Å²) in [6, 6.07) is 3.54. The second-order valence-electron chi connectivity index (χ2n) is 9.76. The number of carbonyl (C=O) groups is 1. The summed E-state index contributed by atoms with van der Waals surface area (Å²) in [4.78, 5) is 16.8. The molecule has 4 saturated carbocycles. The van der Waals surface area contributed by atoms with Gasteiger partial charge in [-0.15, -0.1) is 0 Å². The van der Waals surface area contributed by atoms with Crippen molar-refractivity contribution in [3.05, 3.63) is 35.4 Å². The Morgan fingerprint density at radius 1 is 1.29 bits per heavy atom. The molecule has 0 spiro atoms. The molecule has 8 heteroatoms. The molecule has 4 aliphatic rings. The molecule has 0 amide bonds. The summed E-state index contributed by atoms with van der Waals surface area (Å²) in [5.74, 6) is -1.07. The van der Waals surface area contributed by atoms with Crippen molar-refractivity contribution < 1.29 is 23.4 Å². The molecular formula is C23H27F2N3O3. The van der Waals surface area contributed by atoms with Gasteiger partial charge in [0, 0.05) is 5.56 Å². The standard InChI is InChI=1S/C23H27F2N3O3/c1-22(2,31-11-16-17(24)4-3-5-18(16)25)20(27-12-26)28-19-14-6-13-7-15(19)10-23(8-13,9-14)21(29)30/h3-5,13-15,19H,6-11H2,1-2H3,(H,27,28)(H,29,30). The maximum atomic E-state index is 14.0. The number of rotatable bonds is 6. The first-order valence-electron chi connectivity index (χ1n) is 10.7. The first kappa shape index (κ1) is 21.7. The van der Waals surface area contributed by atoms with Gasteiger partial charge >= 0.3 is 5.97 Å². The number of aliphatic imine (C=N–C) groups is 1. The molecule has 31 heavy (non-hydrogen) atoms. The van der Waals surface area contributed by atoms with Gasteiger partial charge in [-0.3, -0.25) is 15.1 Å². The molecular weight excluding hydrogens is 404 g/mol. The highest BCUT2D eigenvalue weighted by Crippen LogP contribution is 2.61. The fourth-order valence-electron chi connectivity index (χ4n) is 6.00. The van der Waals surface area contributed by atoms with E-state index in [4.69, 9.17) is 9.73 Å². The minimum Gasteiger partial charge on any atom is -0.481 e. The lowest BCUT2D eigenvalue weighted by Gasteiger charge is -2.57. The van der Waals surface area contributed by atoms with Crippen molar-refractivity contribution in [2.75, 3.05) is 0 Å². The smallest absolute Gasteiger partial charge is 0.309 e. The number of nitrogens with one attached hydrogen (secondary N) is 1. The summed E-state index contributed by atoms with van der Waals surface area (Å²) in [6.07, 6.45) is 5.73. The normalized spacial score (nSPS) is 32.0. The first-order chi connectivity index (χ1) is 14.6. The number of halogens is 2. The van der Waals surface area contributed by atoms with E-state index in [2.05, 4.69) is 5.32 Å². The van der Waals surface area contributed by atoms with Crippen LogP contribution in [0.25, 0.3) is 0 Å². The number of carboxylic acids is 1. The van der Waals surface area contributed by atoms with E-state index >= 15 is 0 Å². The Balaban J connectivity index is 1.56. The van der Waals surface area contributed by atoms with Gasteiger partial charge < -0.3 is 9.84 Å². The average Bonchev–Trinajstić information content (AvgIpc) is 2.68. The van der Waals surface area contributed by atoms with Crippen LogP contribution in [0.15, 0.2) is 23.2 Å². The van der Waals surface area contributed by atoms with Gasteiger partial charge in [-0.05, 0) is 75.8 Å². The maximum Gasteiger partial charge on any atom is 0.309 e. The third-order valence-corrected chi connectivity index (χ3v) is 7.34. The van der Waals surface area contributed by atoms with Crippen LogP contribution in [-0.4, -0.2) is 28.6 Å². The SMILES string of the molecule is CC(C)(OCc1c(F)cccc1F)C(=NC1C2CC3CC1CC(C(=O)O)(C3)C2)NC#N. The van der Waals surface area contributed by atoms with Gasteiger partial charge in [-0.2, -0.15) is 5.26 Å². The molecule has 2 atom stereocenters. The fraction of sp³-hybridized carbons (Fsp3) is 0.609. The molecule has 0 saturated heterocycles. The van der Waals surface area contributed by atoms with Crippen LogP contribution in [0.2, 0.25) is 0 Å². The van der Waals surface area contributed by atoms with Gasteiger partial charge in [0.25, 0.3) is 0 Å². The molecule has 0 heterocycles.